The van der Waals surface area contributed by atoms with Gasteiger partial charge in [0.1, 0.15) is 5.69 Å². The molecule has 0 aliphatic heterocycles. The second kappa shape index (κ2) is 7.93. The molecule has 0 saturated heterocycles. The molecule has 2 N–H and O–H groups in total. The van der Waals surface area contributed by atoms with Crippen molar-refractivity contribution >= 4 is 11.9 Å². The molecule has 1 aromatic rings. The smallest absolute Gasteiger partial charge is 0.270 e. The quantitative estimate of drug-likeness (QED) is 0.783. The van der Waals surface area contributed by atoms with Crippen LogP contribution < -0.4 is 10.6 Å². The molecular weight excluding hydrogens is 268 g/mol. The number of carbonyl (C=O) groups excluding carboxylic acids is 1. The summed E-state index contributed by atoms with van der Waals surface area (Å²) in [5.74, 6) is 0.364. The number of nitrogens with one attached hydrogen (secondary N) is 2. The standard InChI is InChI=1S/C15H24N4O2/c1-11-10-13(14(20)16-8-9-21-2)19-15(17-11)18-12-6-4-3-5-7-12/h10,12H,3-9H2,1-2H3,(H,16,20)(H,17,18,19). The number of hydrogen-bond donors (Lipinski definition) is 2. The van der Waals surface area contributed by atoms with Crippen molar-refractivity contribution in [2.75, 3.05) is 25.6 Å². The summed E-state index contributed by atoms with van der Waals surface area (Å²) in [7, 11) is 1.60. The van der Waals surface area contributed by atoms with Crippen LogP contribution in [0.4, 0.5) is 5.95 Å². The largest absolute Gasteiger partial charge is 0.383 e. The first-order valence-electron chi connectivity index (χ1n) is 7.58. The van der Waals surface area contributed by atoms with E-state index in [-0.39, 0.29) is 5.91 Å². The first-order chi connectivity index (χ1) is 10.2. The molecule has 0 radical (unpaired) electrons. The SMILES string of the molecule is COCCNC(=O)c1cc(C)nc(NC2CCCCC2)n1. The van der Waals surface area contributed by atoms with Gasteiger partial charge in [0.2, 0.25) is 5.95 Å². The second-order valence-electron chi connectivity index (χ2n) is 5.45. The number of aromatic nitrogens is 2. The van der Waals surface area contributed by atoms with Crippen molar-refractivity contribution in [1.29, 1.82) is 0 Å². The summed E-state index contributed by atoms with van der Waals surface area (Å²) < 4.78 is 4.92. The van der Waals surface area contributed by atoms with Gasteiger partial charge in [-0.25, -0.2) is 9.97 Å². The van der Waals surface area contributed by atoms with Crippen LogP contribution in [0.3, 0.4) is 0 Å². The fourth-order valence-electron chi connectivity index (χ4n) is 2.54. The van der Waals surface area contributed by atoms with E-state index in [2.05, 4.69) is 20.6 Å². The van der Waals surface area contributed by atoms with Crippen molar-refractivity contribution in [3.63, 3.8) is 0 Å². The number of rotatable bonds is 6. The van der Waals surface area contributed by atoms with E-state index < -0.39 is 0 Å². The fourth-order valence-corrected chi connectivity index (χ4v) is 2.54. The van der Waals surface area contributed by atoms with E-state index >= 15 is 0 Å². The molecule has 1 aromatic heterocycles. The number of hydrogen-bond acceptors (Lipinski definition) is 5. The normalized spacial score (nSPS) is 15.7. The van der Waals surface area contributed by atoms with E-state index in [1.807, 2.05) is 6.92 Å². The average Bonchev–Trinajstić information content (AvgIpc) is 2.48. The molecule has 1 amide bonds. The minimum Gasteiger partial charge on any atom is -0.383 e. The Morgan fingerprint density at radius 2 is 2.10 bits per heavy atom. The highest BCUT2D eigenvalue weighted by Gasteiger charge is 2.16. The fraction of sp³-hybridized carbons (Fsp3) is 0.667. The Balaban J connectivity index is 2.00. The number of carbonyl (C=O) groups is 1. The van der Waals surface area contributed by atoms with Gasteiger partial charge >= 0.3 is 0 Å². The van der Waals surface area contributed by atoms with Gasteiger partial charge in [-0.2, -0.15) is 0 Å². The Morgan fingerprint density at radius 1 is 1.33 bits per heavy atom. The molecule has 0 atom stereocenters. The lowest BCUT2D eigenvalue weighted by Crippen LogP contribution is -2.29. The summed E-state index contributed by atoms with van der Waals surface area (Å²) in [5, 5.41) is 6.13. The third-order valence-electron chi connectivity index (χ3n) is 3.62. The molecule has 0 unspecified atom stereocenters. The van der Waals surface area contributed by atoms with Crippen LogP contribution in [0, 0.1) is 6.92 Å². The van der Waals surface area contributed by atoms with E-state index in [4.69, 9.17) is 4.74 Å². The van der Waals surface area contributed by atoms with E-state index in [0.717, 1.165) is 18.5 Å². The Morgan fingerprint density at radius 3 is 2.81 bits per heavy atom. The lowest BCUT2D eigenvalue weighted by Gasteiger charge is -2.22. The highest BCUT2D eigenvalue weighted by atomic mass is 16.5. The number of aryl methyl sites for hydroxylation is 1. The number of anilines is 1. The van der Waals surface area contributed by atoms with Gasteiger partial charge in [0.15, 0.2) is 0 Å². The van der Waals surface area contributed by atoms with Crippen molar-refractivity contribution < 1.29 is 9.53 Å². The van der Waals surface area contributed by atoms with Crippen molar-refractivity contribution in [2.24, 2.45) is 0 Å². The van der Waals surface area contributed by atoms with E-state index in [9.17, 15) is 4.79 Å². The number of ether oxygens (including phenoxy) is 1. The molecule has 6 nitrogen and oxygen atoms in total. The first kappa shape index (κ1) is 15.7. The summed E-state index contributed by atoms with van der Waals surface area (Å²) in [5.41, 5.74) is 1.19. The minimum atomic E-state index is -0.191. The Bertz CT molecular complexity index is 473. The Kier molecular flexibility index (Phi) is 5.92. The van der Waals surface area contributed by atoms with Crippen LogP contribution in [0.25, 0.3) is 0 Å². The van der Waals surface area contributed by atoms with Crippen molar-refractivity contribution in [1.82, 2.24) is 15.3 Å². The first-order valence-corrected chi connectivity index (χ1v) is 7.58. The van der Waals surface area contributed by atoms with Crippen molar-refractivity contribution in [3.8, 4) is 0 Å². The lowest BCUT2D eigenvalue weighted by atomic mass is 9.96. The highest BCUT2D eigenvalue weighted by molar-refractivity contribution is 5.92. The van der Waals surface area contributed by atoms with Crippen LogP contribution in [0.2, 0.25) is 0 Å². The molecule has 2 rings (SSSR count). The van der Waals surface area contributed by atoms with Crippen molar-refractivity contribution in [3.05, 3.63) is 17.5 Å². The van der Waals surface area contributed by atoms with Gasteiger partial charge in [-0.1, -0.05) is 19.3 Å². The van der Waals surface area contributed by atoms with Gasteiger partial charge in [-0.3, -0.25) is 4.79 Å². The maximum Gasteiger partial charge on any atom is 0.270 e. The maximum absolute atomic E-state index is 12.0. The van der Waals surface area contributed by atoms with Crippen LogP contribution in [0.5, 0.6) is 0 Å². The summed E-state index contributed by atoms with van der Waals surface area (Å²) in [6.07, 6.45) is 6.08. The van der Waals surface area contributed by atoms with Crippen LogP contribution in [-0.4, -0.2) is 42.2 Å². The molecule has 1 fully saturated rings. The summed E-state index contributed by atoms with van der Waals surface area (Å²) in [4.78, 5) is 20.7. The molecule has 1 saturated carbocycles. The number of nitrogens with zero attached hydrogens (tertiary/aromatic N) is 2. The molecule has 1 heterocycles. The molecule has 0 aromatic carbocycles. The predicted molar refractivity (Wildman–Crippen MR) is 81.5 cm³/mol. The highest BCUT2D eigenvalue weighted by Crippen LogP contribution is 2.20. The molecule has 1 aliphatic rings. The van der Waals surface area contributed by atoms with Gasteiger partial charge in [0.05, 0.1) is 6.61 Å². The number of methoxy groups -OCH3 is 1. The van der Waals surface area contributed by atoms with Gasteiger partial charge in [-0.15, -0.1) is 0 Å². The maximum atomic E-state index is 12.0. The van der Waals surface area contributed by atoms with E-state index in [1.54, 1.807) is 13.2 Å². The molecular formula is C15H24N4O2. The monoisotopic (exact) mass is 292 g/mol. The topological polar surface area (TPSA) is 76.1 Å². The van der Waals surface area contributed by atoms with Gasteiger partial charge < -0.3 is 15.4 Å². The zero-order chi connectivity index (χ0) is 15.1. The molecule has 21 heavy (non-hydrogen) atoms. The molecule has 0 spiro atoms. The van der Waals surface area contributed by atoms with Crippen LogP contribution in [0.1, 0.15) is 48.3 Å². The molecule has 6 heteroatoms. The molecule has 116 valence electrons. The van der Waals surface area contributed by atoms with E-state index in [1.165, 1.54) is 19.3 Å². The van der Waals surface area contributed by atoms with Gasteiger partial charge in [0.25, 0.3) is 5.91 Å². The third kappa shape index (κ3) is 4.97. The van der Waals surface area contributed by atoms with E-state index in [0.29, 0.717) is 30.8 Å². The average molecular weight is 292 g/mol. The van der Waals surface area contributed by atoms with Crippen LogP contribution >= 0.6 is 0 Å². The summed E-state index contributed by atoms with van der Waals surface area (Å²) >= 11 is 0. The Labute approximate surface area is 125 Å². The van der Waals surface area contributed by atoms with Crippen molar-refractivity contribution in [2.45, 2.75) is 45.1 Å². The lowest BCUT2D eigenvalue weighted by molar-refractivity contribution is 0.0932. The summed E-state index contributed by atoms with van der Waals surface area (Å²) in [6, 6.07) is 2.12. The second-order valence-corrected chi connectivity index (χ2v) is 5.45. The summed E-state index contributed by atoms with van der Waals surface area (Å²) in [6.45, 7) is 2.84. The number of amides is 1. The molecule has 0 bridgehead atoms. The van der Waals surface area contributed by atoms with Crippen LogP contribution in [0.15, 0.2) is 6.07 Å². The zero-order valence-corrected chi connectivity index (χ0v) is 12.8. The molecule has 1 aliphatic carbocycles. The predicted octanol–water partition coefficient (Wildman–Crippen LogP) is 1.91. The Hall–Kier alpha value is -1.69. The minimum absolute atomic E-state index is 0.191. The van der Waals surface area contributed by atoms with Gasteiger partial charge in [0, 0.05) is 25.4 Å². The zero-order valence-electron chi connectivity index (χ0n) is 12.8. The van der Waals surface area contributed by atoms with Gasteiger partial charge in [-0.05, 0) is 25.8 Å². The van der Waals surface area contributed by atoms with Crippen LogP contribution in [-0.2, 0) is 4.74 Å². The third-order valence-corrected chi connectivity index (χ3v) is 3.62.